The van der Waals surface area contributed by atoms with Crippen molar-refractivity contribution in [1.82, 2.24) is 0 Å². The third-order valence-corrected chi connectivity index (χ3v) is 19.2. The van der Waals surface area contributed by atoms with Crippen LogP contribution in [0.3, 0.4) is 0 Å². The normalized spacial score (nSPS) is 14.8. The van der Waals surface area contributed by atoms with Crippen molar-refractivity contribution >= 4 is 39.5 Å². The van der Waals surface area contributed by atoms with E-state index in [4.69, 9.17) is 37.0 Å². The number of esters is 4. The van der Waals surface area contributed by atoms with E-state index < -0.39 is 97.5 Å². The summed E-state index contributed by atoms with van der Waals surface area (Å²) >= 11 is 0. The summed E-state index contributed by atoms with van der Waals surface area (Å²) in [6, 6.07) is 0. The first-order chi connectivity index (χ1) is 43.7. The number of hydrogen-bond donors (Lipinski definition) is 3. The van der Waals surface area contributed by atoms with Gasteiger partial charge in [0.15, 0.2) is 12.2 Å². The molecule has 0 rings (SSSR count). The van der Waals surface area contributed by atoms with Gasteiger partial charge in [-0.1, -0.05) is 306 Å². The van der Waals surface area contributed by atoms with Crippen LogP contribution in [0.5, 0.6) is 0 Å². The van der Waals surface area contributed by atoms with Crippen LogP contribution in [0.2, 0.25) is 0 Å². The highest BCUT2D eigenvalue weighted by Gasteiger charge is 2.30. The monoisotopic (exact) mass is 1340 g/mol. The van der Waals surface area contributed by atoms with Gasteiger partial charge >= 0.3 is 39.5 Å². The maximum atomic E-state index is 13.0. The molecule has 0 aromatic rings. The molecule has 0 radical (unpaired) electrons. The lowest BCUT2D eigenvalue weighted by atomic mass is 9.99. The lowest BCUT2D eigenvalue weighted by Gasteiger charge is -2.21. The average molecular weight is 1340 g/mol. The van der Waals surface area contributed by atoms with Crippen LogP contribution in [-0.4, -0.2) is 96.7 Å². The first kappa shape index (κ1) is 89.1. The van der Waals surface area contributed by atoms with Crippen molar-refractivity contribution in [2.75, 3.05) is 39.6 Å². The zero-order valence-corrected chi connectivity index (χ0v) is 61.3. The zero-order valence-electron chi connectivity index (χ0n) is 59.5. The standard InChI is InChI=1S/C72H140O17P2/c1-9-64(7)50-42-34-26-20-15-13-11-12-14-16-21-27-38-46-54-71(76)89-68(59-83-70(75)53-45-37-31-30-35-43-51-65(8)10-2)61-87-91(80,81)85-57-66(73)56-84-90(78,79)86-60-67(58-82-69(74)52-44-36-29-23-25-33-41-49-63(5)6)88-72(77)55-47-39-28-22-18-17-19-24-32-40-48-62(3)4/h62-68,73H,9-61H2,1-8H3,(H,78,79)(H,80,81)/t64?,65?,66?,67-,68-/m1/s1. The molecule has 540 valence electrons. The van der Waals surface area contributed by atoms with Gasteiger partial charge in [0, 0.05) is 25.7 Å². The molecule has 0 amide bonds. The molecule has 0 aliphatic carbocycles. The molecule has 5 unspecified atom stereocenters. The fourth-order valence-electron chi connectivity index (χ4n) is 10.8. The van der Waals surface area contributed by atoms with Crippen LogP contribution < -0.4 is 0 Å². The third kappa shape index (κ3) is 63.9. The molecule has 0 saturated carbocycles. The van der Waals surface area contributed by atoms with Gasteiger partial charge in [0.2, 0.25) is 0 Å². The molecule has 91 heavy (non-hydrogen) atoms. The second kappa shape index (κ2) is 61.6. The van der Waals surface area contributed by atoms with Gasteiger partial charge in [-0.25, -0.2) is 9.13 Å². The highest BCUT2D eigenvalue weighted by molar-refractivity contribution is 7.47. The largest absolute Gasteiger partial charge is 0.472 e. The molecule has 0 aromatic carbocycles. The summed E-state index contributed by atoms with van der Waals surface area (Å²) in [5.74, 6) is 0.905. The Morgan fingerprint density at radius 3 is 0.780 bits per heavy atom. The predicted molar refractivity (Wildman–Crippen MR) is 367 cm³/mol. The molecule has 0 aliphatic rings. The Kier molecular flexibility index (Phi) is 60.3. The molecular weight excluding hydrogens is 1200 g/mol. The molecule has 0 fully saturated rings. The Labute approximate surface area is 556 Å². The number of phosphoric acid groups is 2. The van der Waals surface area contributed by atoms with Crippen LogP contribution in [0.4, 0.5) is 0 Å². The van der Waals surface area contributed by atoms with Gasteiger partial charge in [-0.15, -0.1) is 0 Å². The Bertz CT molecular complexity index is 1800. The molecule has 0 aliphatic heterocycles. The van der Waals surface area contributed by atoms with Gasteiger partial charge in [0.05, 0.1) is 26.4 Å². The minimum absolute atomic E-state index is 0.105. The highest BCUT2D eigenvalue weighted by atomic mass is 31.2. The van der Waals surface area contributed by atoms with Crippen molar-refractivity contribution < 1.29 is 80.2 Å². The van der Waals surface area contributed by atoms with Crippen LogP contribution in [-0.2, 0) is 65.4 Å². The summed E-state index contributed by atoms with van der Waals surface area (Å²) in [6.45, 7) is 14.1. The summed E-state index contributed by atoms with van der Waals surface area (Å²) in [6.07, 6.45) is 44.5. The second-order valence-electron chi connectivity index (χ2n) is 27.4. The first-order valence-electron chi connectivity index (χ1n) is 37.3. The number of hydrogen-bond acceptors (Lipinski definition) is 15. The van der Waals surface area contributed by atoms with Crippen LogP contribution in [0, 0.1) is 23.7 Å². The molecule has 19 heteroatoms. The minimum atomic E-state index is -4.95. The minimum Gasteiger partial charge on any atom is -0.462 e. The summed E-state index contributed by atoms with van der Waals surface area (Å²) in [5, 5.41) is 10.6. The third-order valence-electron chi connectivity index (χ3n) is 17.3. The molecule has 0 bridgehead atoms. The van der Waals surface area contributed by atoms with Crippen LogP contribution in [0.15, 0.2) is 0 Å². The van der Waals surface area contributed by atoms with Crippen molar-refractivity contribution in [3.05, 3.63) is 0 Å². The molecule has 17 nitrogen and oxygen atoms in total. The summed E-state index contributed by atoms with van der Waals surface area (Å²) in [7, 11) is -9.91. The van der Waals surface area contributed by atoms with Crippen LogP contribution in [0.25, 0.3) is 0 Å². The van der Waals surface area contributed by atoms with Gasteiger partial charge in [0.1, 0.15) is 19.3 Å². The summed E-state index contributed by atoms with van der Waals surface area (Å²) in [4.78, 5) is 72.6. The van der Waals surface area contributed by atoms with E-state index in [2.05, 4.69) is 55.4 Å². The number of carbonyl (C=O) groups is 4. The van der Waals surface area contributed by atoms with E-state index in [-0.39, 0.29) is 25.7 Å². The SMILES string of the molecule is CCC(C)CCCCCCCCCCCCCCCCC(=O)O[C@H](COC(=O)CCCCCCCCC(C)CC)COP(=O)(O)OCC(O)COP(=O)(O)OC[C@@H](COC(=O)CCCCCCCCCC(C)C)OC(=O)CCCCCCCCCCCCC(C)C. The molecule has 3 N–H and O–H groups in total. The maximum absolute atomic E-state index is 13.0. The lowest BCUT2D eigenvalue weighted by molar-refractivity contribution is -0.161. The van der Waals surface area contributed by atoms with Gasteiger partial charge < -0.3 is 33.8 Å². The first-order valence-corrected chi connectivity index (χ1v) is 40.3. The van der Waals surface area contributed by atoms with Crippen molar-refractivity contribution in [3.8, 4) is 0 Å². The lowest BCUT2D eigenvalue weighted by Crippen LogP contribution is -2.30. The quantitative estimate of drug-likeness (QED) is 0.0222. The van der Waals surface area contributed by atoms with E-state index in [1.54, 1.807) is 0 Å². The summed E-state index contributed by atoms with van der Waals surface area (Å²) < 4.78 is 68.3. The predicted octanol–water partition coefficient (Wildman–Crippen LogP) is 20.5. The second-order valence-corrected chi connectivity index (χ2v) is 30.3. The summed E-state index contributed by atoms with van der Waals surface area (Å²) in [5.41, 5.74) is 0. The van der Waals surface area contributed by atoms with E-state index in [0.29, 0.717) is 31.6 Å². The zero-order chi connectivity index (χ0) is 67.5. The van der Waals surface area contributed by atoms with Gasteiger partial charge in [-0.2, -0.15) is 0 Å². The molecule has 7 atom stereocenters. The van der Waals surface area contributed by atoms with Crippen LogP contribution >= 0.6 is 15.6 Å². The Morgan fingerprint density at radius 2 is 0.527 bits per heavy atom. The fourth-order valence-corrected chi connectivity index (χ4v) is 12.4. The Morgan fingerprint density at radius 1 is 0.308 bits per heavy atom. The number of ether oxygens (including phenoxy) is 4. The Hall–Kier alpha value is -1.94. The van der Waals surface area contributed by atoms with Crippen molar-refractivity contribution in [3.63, 3.8) is 0 Å². The van der Waals surface area contributed by atoms with E-state index >= 15 is 0 Å². The molecule has 0 aromatic heterocycles. The topological polar surface area (TPSA) is 237 Å². The molecule has 0 saturated heterocycles. The van der Waals surface area contributed by atoms with E-state index in [0.717, 1.165) is 120 Å². The average Bonchev–Trinajstić information content (AvgIpc) is 3.56. The number of rotatable bonds is 69. The number of aliphatic hydroxyl groups is 1. The van der Waals surface area contributed by atoms with Crippen molar-refractivity contribution in [2.24, 2.45) is 23.7 Å². The van der Waals surface area contributed by atoms with E-state index in [9.17, 15) is 43.2 Å². The van der Waals surface area contributed by atoms with Crippen molar-refractivity contribution in [1.29, 1.82) is 0 Å². The smallest absolute Gasteiger partial charge is 0.462 e. The number of aliphatic hydroxyl groups excluding tert-OH is 1. The van der Waals surface area contributed by atoms with E-state index in [1.807, 2.05) is 0 Å². The highest BCUT2D eigenvalue weighted by Crippen LogP contribution is 2.45. The number of carbonyl (C=O) groups excluding carboxylic acids is 4. The fraction of sp³-hybridized carbons (Fsp3) is 0.944. The van der Waals surface area contributed by atoms with Crippen LogP contribution in [0.1, 0.15) is 357 Å². The number of unbranched alkanes of at least 4 members (excludes halogenated alkanes) is 33. The number of phosphoric ester groups is 2. The van der Waals surface area contributed by atoms with Gasteiger partial charge in [0.25, 0.3) is 0 Å². The Balaban J connectivity index is 5.23. The molecule has 0 heterocycles. The molecular formula is C72H140O17P2. The van der Waals surface area contributed by atoms with Gasteiger partial charge in [-0.05, 0) is 49.4 Å². The van der Waals surface area contributed by atoms with E-state index in [1.165, 1.54) is 148 Å². The van der Waals surface area contributed by atoms with Gasteiger partial charge in [-0.3, -0.25) is 37.3 Å². The van der Waals surface area contributed by atoms with Crippen molar-refractivity contribution in [2.45, 2.75) is 375 Å². The maximum Gasteiger partial charge on any atom is 0.472 e. The molecule has 0 spiro atoms.